The molecular weight excluding hydrogens is 358 g/mol. The highest BCUT2D eigenvalue weighted by Gasteiger charge is 2.28. The van der Waals surface area contributed by atoms with Crippen LogP contribution in [0, 0.1) is 10.1 Å². The first-order chi connectivity index (χ1) is 11.7. The molecule has 25 heavy (non-hydrogen) atoms. The van der Waals surface area contributed by atoms with Crippen molar-refractivity contribution in [2.24, 2.45) is 0 Å². The van der Waals surface area contributed by atoms with Gasteiger partial charge in [-0.2, -0.15) is 8.78 Å². The zero-order chi connectivity index (χ0) is 18.6. The minimum absolute atomic E-state index is 0.503. The predicted molar refractivity (Wildman–Crippen MR) is 84.9 cm³/mol. The number of hydrogen-bond acceptors (Lipinski definition) is 5. The SMILES string of the molecule is C[C@@H](NS(=O)(=O)c1ccc(OC(F)F)cc1[N+](=O)[O-])c1ccccc1. The van der Waals surface area contributed by atoms with Crippen LogP contribution in [0.5, 0.6) is 5.75 Å². The van der Waals surface area contributed by atoms with E-state index in [1.165, 1.54) is 0 Å². The summed E-state index contributed by atoms with van der Waals surface area (Å²) < 4.78 is 55.8. The van der Waals surface area contributed by atoms with Crippen molar-refractivity contribution in [1.82, 2.24) is 4.72 Å². The molecule has 0 heterocycles. The van der Waals surface area contributed by atoms with Gasteiger partial charge in [0.05, 0.1) is 11.0 Å². The summed E-state index contributed by atoms with van der Waals surface area (Å²) in [5.41, 5.74) is -0.197. The van der Waals surface area contributed by atoms with Crippen molar-refractivity contribution in [3.8, 4) is 5.75 Å². The fraction of sp³-hybridized carbons (Fsp3) is 0.200. The third-order valence-corrected chi connectivity index (χ3v) is 4.86. The third-order valence-electron chi connectivity index (χ3n) is 3.27. The lowest BCUT2D eigenvalue weighted by molar-refractivity contribution is -0.388. The fourth-order valence-corrected chi connectivity index (χ4v) is 3.53. The van der Waals surface area contributed by atoms with Crippen molar-refractivity contribution in [3.63, 3.8) is 0 Å². The number of rotatable bonds is 7. The molecule has 0 aliphatic carbocycles. The monoisotopic (exact) mass is 372 g/mol. The van der Waals surface area contributed by atoms with Gasteiger partial charge in [0.25, 0.3) is 5.69 Å². The Hall–Kier alpha value is -2.59. The summed E-state index contributed by atoms with van der Waals surface area (Å²) in [6, 6.07) is 10.4. The van der Waals surface area contributed by atoms with Crippen LogP contribution in [0.4, 0.5) is 14.5 Å². The number of benzene rings is 2. The first-order valence-electron chi connectivity index (χ1n) is 7.01. The van der Waals surface area contributed by atoms with Crippen LogP contribution in [0.15, 0.2) is 53.4 Å². The largest absolute Gasteiger partial charge is 0.435 e. The number of alkyl halides is 2. The van der Waals surface area contributed by atoms with Crippen molar-refractivity contribution < 1.29 is 26.9 Å². The molecule has 10 heteroatoms. The molecule has 1 atom stereocenters. The second-order valence-corrected chi connectivity index (χ2v) is 6.70. The van der Waals surface area contributed by atoms with E-state index in [0.29, 0.717) is 11.6 Å². The minimum Gasteiger partial charge on any atom is -0.435 e. The Labute approximate surface area is 142 Å². The lowest BCUT2D eigenvalue weighted by Gasteiger charge is -2.15. The quantitative estimate of drug-likeness (QED) is 0.594. The molecule has 0 bridgehead atoms. The van der Waals surface area contributed by atoms with Gasteiger partial charge in [0.15, 0.2) is 4.90 Å². The second kappa shape index (κ2) is 7.53. The summed E-state index contributed by atoms with van der Waals surface area (Å²) in [4.78, 5) is 9.52. The van der Waals surface area contributed by atoms with Gasteiger partial charge < -0.3 is 4.74 Å². The number of ether oxygens (including phenoxy) is 1. The molecule has 0 saturated heterocycles. The Bertz CT molecular complexity index is 859. The smallest absolute Gasteiger partial charge is 0.387 e. The van der Waals surface area contributed by atoms with E-state index in [2.05, 4.69) is 9.46 Å². The molecule has 0 saturated carbocycles. The number of nitrogens with one attached hydrogen (secondary N) is 1. The summed E-state index contributed by atoms with van der Waals surface area (Å²) in [5, 5.41) is 11.1. The van der Waals surface area contributed by atoms with E-state index in [4.69, 9.17) is 0 Å². The number of halogens is 2. The Morgan fingerprint density at radius 2 is 1.80 bits per heavy atom. The standard InChI is InChI=1S/C15H14F2N2O5S/c1-10(11-5-3-2-4-6-11)18-25(22,23)14-8-7-12(24-15(16)17)9-13(14)19(20)21/h2-10,15,18H,1H3/t10-/m1/s1. The summed E-state index contributed by atoms with van der Waals surface area (Å²) >= 11 is 0. The molecule has 7 nitrogen and oxygen atoms in total. The third kappa shape index (κ3) is 4.70. The number of hydrogen-bond donors (Lipinski definition) is 1. The first-order valence-corrected chi connectivity index (χ1v) is 8.49. The Kier molecular flexibility index (Phi) is 5.65. The normalized spacial score (nSPS) is 12.8. The van der Waals surface area contributed by atoms with Crippen molar-refractivity contribution in [1.29, 1.82) is 0 Å². The molecule has 1 N–H and O–H groups in total. The molecule has 0 fully saturated rings. The zero-order valence-electron chi connectivity index (χ0n) is 12.9. The molecule has 2 aromatic carbocycles. The van der Waals surface area contributed by atoms with Crippen LogP contribution >= 0.6 is 0 Å². The van der Waals surface area contributed by atoms with Crippen LogP contribution < -0.4 is 9.46 Å². The maximum Gasteiger partial charge on any atom is 0.387 e. The topological polar surface area (TPSA) is 98.5 Å². The van der Waals surface area contributed by atoms with Crippen LogP contribution in [0.3, 0.4) is 0 Å². The van der Waals surface area contributed by atoms with Crippen molar-refractivity contribution in [3.05, 3.63) is 64.2 Å². The van der Waals surface area contributed by atoms with Crippen molar-refractivity contribution in [2.75, 3.05) is 0 Å². The molecule has 0 radical (unpaired) electrons. The van der Waals surface area contributed by atoms with Gasteiger partial charge in [0.2, 0.25) is 10.0 Å². The van der Waals surface area contributed by atoms with Crippen LogP contribution in [0.25, 0.3) is 0 Å². The molecule has 2 rings (SSSR count). The lowest BCUT2D eigenvalue weighted by Crippen LogP contribution is -2.27. The van der Waals surface area contributed by atoms with Crippen LogP contribution in [0.2, 0.25) is 0 Å². The van der Waals surface area contributed by atoms with Crippen molar-refractivity contribution >= 4 is 15.7 Å². The fourth-order valence-electron chi connectivity index (χ4n) is 2.15. The van der Waals surface area contributed by atoms with Crippen LogP contribution in [-0.4, -0.2) is 20.0 Å². The first kappa shape index (κ1) is 18.7. The highest BCUT2D eigenvalue weighted by molar-refractivity contribution is 7.89. The number of nitro benzene ring substituents is 1. The highest BCUT2D eigenvalue weighted by atomic mass is 32.2. The van der Waals surface area contributed by atoms with Gasteiger partial charge in [-0.1, -0.05) is 30.3 Å². The maximum atomic E-state index is 12.5. The van der Waals surface area contributed by atoms with Crippen LogP contribution in [0.1, 0.15) is 18.5 Å². The Morgan fingerprint density at radius 3 is 2.36 bits per heavy atom. The molecule has 0 aliphatic heterocycles. The number of sulfonamides is 1. The average molecular weight is 372 g/mol. The van der Waals surface area contributed by atoms with E-state index in [0.717, 1.165) is 12.1 Å². The predicted octanol–water partition coefficient (Wildman–Crippen LogP) is 3.24. The van der Waals surface area contributed by atoms with E-state index < -0.39 is 43.9 Å². The minimum atomic E-state index is -4.26. The summed E-state index contributed by atoms with van der Waals surface area (Å²) in [6.07, 6.45) is 0. The van der Waals surface area contributed by atoms with E-state index in [1.807, 2.05) is 0 Å². The van der Waals surface area contributed by atoms with E-state index >= 15 is 0 Å². The summed E-state index contributed by atoms with van der Waals surface area (Å²) in [5.74, 6) is -0.503. The molecular formula is C15H14F2N2O5S. The Balaban J connectivity index is 2.36. The average Bonchev–Trinajstić information content (AvgIpc) is 2.54. The van der Waals surface area contributed by atoms with E-state index in [9.17, 15) is 27.3 Å². The van der Waals surface area contributed by atoms with Gasteiger partial charge in [-0.25, -0.2) is 13.1 Å². The Morgan fingerprint density at radius 1 is 1.16 bits per heavy atom. The summed E-state index contributed by atoms with van der Waals surface area (Å²) in [7, 11) is -4.26. The second-order valence-electron chi connectivity index (χ2n) is 5.02. The van der Waals surface area contributed by atoms with Crippen LogP contribution in [-0.2, 0) is 10.0 Å². The van der Waals surface area contributed by atoms with Gasteiger partial charge in [-0.05, 0) is 24.6 Å². The van der Waals surface area contributed by atoms with E-state index in [1.54, 1.807) is 37.3 Å². The van der Waals surface area contributed by atoms with Gasteiger partial charge >= 0.3 is 6.61 Å². The van der Waals surface area contributed by atoms with Gasteiger partial charge in [-0.3, -0.25) is 10.1 Å². The number of nitro groups is 1. The highest BCUT2D eigenvalue weighted by Crippen LogP contribution is 2.30. The molecule has 134 valence electrons. The molecule has 0 amide bonds. The lowest BCUT2D eigenvalue weighted by atomic mass is 10.1. The maximum absolute atomic E-state index is 12.5. The molecule has 0 spiro atoms. The molecule has 0 aromatic heterocycles. The molecule has 2 aromatic rings. The van der Waals surface area contributed by atoms with E-state index in [-0.39, 0.29) is 0 Å². The van der Waals surface area contributed by atoms with Crippen molar-refractivity contribution in [2.45, 2.75) is 24.5 Å². The number of nitrogens with zero attached hydrogens (tertiary/aromatic N) is 1. The van der Waals surface area contributed by atoms with Gasteiger partial charge in [0.1, 0.15) is 5.75 Å². The van der Waals surface area contributed by atoms with Gasteiger partial charge in [0, 0.05) is 6.04 Å². The molecule has 0 unspecified atom stereocenters. The summed E-state index contributed by atoms with van der Waals surface area (Å²) in [6.45, 7) is -1.61. The molecule has 0 aliphatic rings. The van der Waals surface area contributed by atoms with Gasteiger partial charge in [-0.15, -0.1) is 0 Å². The zero-order valence-corrected chi connectivity index (χ0v) is 13.7.